The van der Waals surface area contributed by atoms with Gasteiger partial charge in [-0.25, -0.2) is 9.97 Å². The molecule has 0 amide bonds. The molecule has 0 aliphatic heterocycles. The maximum atomic E-state index is 12.1. The number of nitrogens with one attached hydrogen (secondary N) is 2. The van der Waals surface area contributed by atoms with Gasteiger partial charge in [0.2, 0.25) is 5.88 Å². The number of ether oxygens (including phenoxy) is 1. The summed E-state index contributed by atoms with van der Waals surface area (Å²) in [5.41, 5.74) is 1.24. The van der Waals surface area contributed by atoms with Crippen LogP contribution in [0, 0.1) is 0 Å². The molecule has 0 aliphatic rings. The van der Waals surface area contributed by atoms with E-state index in [0.717, 1.165) is 10.0 Å². The van der Waals surface area contributed by atoms with Crippen LogP contribution in [0.25, 0.3) is 11.1 Å². The van der Waals surface area contributed by atoms with Gasteiger partial charge in [0, 0.05) is 11.0 Å². The molecule has 2 aromatic rings. The quantitative estimate of drug-likeness (QED) is 0.692. The lowest BCUT2D eigenvalue weighted by atomic mass is 10.1. The summed E-state index contributed by atoms with van der Waals surface area (Å²) >= 11 is 3.38. The van der Waals surface area contributed by atoms with E-state index < -0.39 is 10.2 Å². The van der Waals surface area contributed by atoms with Gasteiger partial charge < -0.3 is 4.74 Å². The Bertz CT molecular complexity index is 782. The average Bonchev–Trinajstić information content (AvgIpc) is 2.54. The molecule has 0 saturated carbocycles. The Morgan fingerprint density at radius 3 is 2.50 bits per heavy atom. The normalized spacial score (nSPS) is 11.3. The lowest BCUT2D eigenvalue weighted by Crippen LogP contribution is -2.31. The fraction of sp³-hybridized carbons (Fsp3) is 0.333. The van der Waals surface area contributed by atoms with Crippen LogP contribution in [0.5, 0.6) is 5.88 Å². The van der Waals surface area contributed by atoms with Gasteiger partial charge in [0.1, 0.15) is 6.33 Å². The monoisotopic (exact) mass is 414 g/mol. The minimum absolute atomic E-state index is 0.166. The highest BCUT2D eigenvalue weighted by Crippen LogP contribution is 2.34. The Hall–Kier alpha value is -1.71. The number of rotatable bonds is 8. The first-order valence-corrected chi connectivity index (χ1v) is 9.75. The first kappa shape index (κ1) is 18.6. The molecule has 0 aliphatic carbocycles. The molecule has 0 unspecified atom stereocenters. The highest BCUT2D eigenvalue weighted by atomic mass is 79.9. The van der Waals surface area contributed by atoms with Crippen LogP contribution < -0.4 is 14.2 Å². The molecule has 7 nitrogen and oxygen atoms in total. The zero-order valence-electron chi connectivity index (χ0n) is 13.4. The number of aromatic nitrogens is 2. The standard InChI is InChI=1S/C15H19BrN4O3S/c1-3-9-19-24(21,22)20-14-13(11-5-7-12(16)8-6-11)15(23-4-2)18-10-17-14/h5-8,10,19H,3-4,9H2,1-2H3,(H,17,18,20). The Kier molecular flexibility index (Phi) is 6.52. The summed E-state index contributed by atoms with van der Waals surface area (Å²) in [6.07, 6.45) is 1.96. The summed E-state index contributed by atoms with van der Waals surface area (Å²) in [6.45, 7) is 4.46. The molecule has 0 atom stereocenters. The zero-order valence-corrected chi connectivity index (χ0v) is 15.8. The van der Waals surface area contributed by atoms with Crippen molar-refractivity contribution in [1.29, 1.82) is 0 Å². The SMILES string of the molecule is CCCNS(=O)(=O)Nc1ncnc(OCC)c1-c1ccc(Br)cc1. The molecule has 2 N–H and O–H groups in total. The molecule has 0 fully saturated rings. The lowest BCUT2D eigenvalue weighted by molar-refractivity contribution is 0.328. The summed E-state index contributed by atoms with van der Waals surface area (Å²) < 4.78 is 35.6. The molecule has 0 radical (unpaired) electrons. The third-order valence-corrected chi connectivity index (χ3v) is 4.57. The molecule has 0 saturated heterocycles. The lowest BCUT2D eigenvalue weighted by Gasteiger charge is -2.15. The van der Waals surface area contributed by atoms with E-state index in [1.807, 2.05) is 38.1 Å². The molecule has 9 heteroatoms. The van der Waals surface area contributed by atoms with Gasteiger partial charge in [-0.05, 0) is 31.0 Å². The Balaban J connectivity index is 2.47. The van der Waals surface area contributed by atoms with Crippen LogP contribution in [-0.4, -0.2) is 31.5 Å². The first-order chi connectivity index (χ1) is 11.5. The van der Waals surface area contributed by atoms with Gasteiger partial charge in [-0.3, -0.25) is 4.72 Å². The van der Waals surface area contributed by atoms with E-state index >= 15 is 0 Å². The fourth-order valence-electron chi connectivity index (χ4n) is 1.97. The van der Waals surface area contributed by atoms with Crippen molar-refractivity contribution < 1.29 is 13.2 Å². The molecule has 24 heavy (non-hydrogen) atoms. The van der Waals surface area contributed by atoms with E-state index in [4.69, 9.17) is 4.74 Å². The molecule has 1 aromatic carbocycles. The highest BCUT2D eigenvalue weighted by Gasteiger charge is 2.19. The predicted molar refractivity (Wildman–Crippen MR) is 97.2 cm³/mol. The minimum Gasteiger partial charge on any atom is -0.477 e. The average molecular weight is 415 g/mol. The van der Waals surface area contributed by atoms with E-state index in [-0.39, 0.29) is 5.82 Å². The number of benzene rings is 1. The van der Waals surface area contributed by atoms with Crippen molar-refractivity contribution in [3.05, 3.63) is 35.1 Å². The maximum Gasteiger partial charge on any atom is 0.300 e. The summed E-state index contributed by atoms with van der Waals surface area (Å²) in [6, 6.07) is 7.38. The van der Waals surface area contributed by atoms with Crippen molar-refractivity contribution in [3.8, 4) is 17.0 Å². The van der Waals surface area contributed by atoms with Crippen molar-refractivity contribution in [1.82, 2.24) is 14.7 Å². The third-order valence-electron chi connectivity index (χ3n) is 3.00. The minimum atomic E-state index is -3.72. The molecular weight excluding hydrogens is 396 g/mol. The largest absolute Gasteiger partial charge is 0.477 e. The molecule has 2 rings (SSSR count). The fourth-order valence-corrected chi connectivity index (χ4v) is 3.19. The Morgan fingerprint density at radius 2 is 1.88 bits per heavy atom. The number of nitrogens with zero attached hydrogens (tertiary/aromatic N) is 2. The van der Waals surface area contributed by atoms with E-state index in [1.165, 1.54) is 6.33 Å². The van der Waals surface area contributed by atoms with Crippen LogP contribution in [0.2, 0.25) is 0 Å². The van der Waals surface area contributed by atoms with Gasteiger partial charge >= 0.3 is 0 Å². The summed E-state index contributed by atoms with van der Waals surface area (Å²) in [7, 11) is -3.72. The van der Waals surface area contributed by atoms with Crippen LogP contribution in [0.4, 0.5) is 5.82 Å². The molecule has 130 valence electrons. The second-order valence-electron chi connectivity index (χ2n) is 4.84. The van der Waals surface area contributed by atoms with Crippen LogP contribution in [0.3, 0.4) is 0 Å². The van der Waals surface area contributed by atoms with Gasteiger partial charge in [-0.15, -0.1) is 0 Å². The van der Waals surface area contributed by atoms with E-state index in [0.29, 0.717) is 31.0 Å². The number of hydrogen-bond acceptors (Lipinski definition) is 5. The van der Waals surface area contributed by atoms with Crippen LogP contribution in [0.15, 0.2) is 35.1 Å². The van der Waals surface area contributed by atoms with Crippen molar-refractivity contribution >= 4 is 32.0 Å². The van der Waals surface area contributed by atoms with Gasteiger partial charge in [0.15, 0.2) is 5.82 Å². The smallest absolute Gasteiger partial charge is 0.300 e. The second-order valence-corrected chi connectivity index (χ2v) is 7.26. The zero-order chi connectivity index (χ0) is 17.6. The topological polar surface area (TPSA) is 93.2 Å². The molecule has 0 bridgehead atoms. The predicted octanol–water partition coefficient (Wildman–Crippen LogP) is 2.96. The van der Waals surface area contributed by atoms with E-state index in [9.17, 15) is 8.42 Å². The molecular formula is C15H19BrN4O3S. The highest BCUT2D eigenvalue weighted by molar-refractivity contribution is 9.10. The van der Waals surface area contributed by atoms with E-state index in [1.54, 1.807) is 0 Å². The maximum absolute atomic E-state index is 12.1. The Morgan fingerprint density at radius 1 is 1.17 bits per heavy atom. The number of halogens is 1. The molecule has 1 heterocycles. The summed E-state index contributed by atoms with van der Waals surface area (Å²) in [4.78, 5) is 8.20. The van der Waals surface area contributed by atoms with Crippen molar-refractivity contribution in [2.75, 3.05) is 17.9 Å². The first-order valence-electron chi connectivity index (χ1n) is 7.48. The summed E-state index contributed by atoms with van der Waals surface area (Å²) in [5.74, 6) is 0.488. The van der Waals surface area contributed by atoms with Gasteiger partial charge in [0.25, 0.3) is 10.2 Å². The van der Waals surface area contributed by atoms with Crippen molar-refractivity contribution in [3.63, 3.8) is 0 Å². The van der Waals surface area contributed by atoms with Gasteiger partial charge in [-0.2, -0.15) is 13.1 Å². The van der Waals surface area contributed by atoms with Crippen molar-refractivity contribution in [2.45, 2.75) is 20.3 Å². The van der Waals surface area contributed by atoms with Crippen LogP contribution >= 0.6 is 15.9 Å². The second kappa shape index (κ2) is 8.41. The van der Waals surface area contributed by atoms with Crippen LogP contribution in [0.1, 0.15) is 20.3 Å². The molecule has 0 spiro atoms. The van der Waals surface area contributed by atoms with E-state index in [2.05, 4.69) is 35.3 Å². The Labute approximate surface area is 150 Å². The van der Waals surface area contributed by atoms with Crippen molar-refractivity contribution in [2.24, 2.45) is 0 Å². The van der Waals surface area contributed by atoms with Gasteiger partial charge in [0.05, 0.1) is 12.2 Å². The third kappa shape index (κ3) is 4.89. The van der Waals surface area contributed by atoms with Gasteiger partial charge in [-0.1, -0.05) is 35.0 Å². The number of hydrogen-bond donors (Lipinski definition) is 2. The van der Waals surface area contributed by atoms with Crippen LogP contribution in [-0.2, 0) is 10.2 Å². The molecule has 1 aromatic heterocycles. The number of anilines is 1. The summed E-state index contributed by atoms with van der Waals surface area (Å²) in [5, 5.41) is 0.